The van der Waals surface area contributed by atoms with Crippen molar-refractivity contribution >= 4 is 28.3 Å². The molecule has 0 bridgehead atoms. The number of rotatable bonds is 4. The Morgan fingerprint density at radius 1 is 1.03 bits per heavy atom. The number of benzene rings is 2. The molecule has 1 amide bonds. The molecule has 0 aliphatic carbocycles. The fourth-order valence-electron chi connectivity index (χ4n) is 3.55. The third-order valence-corrected chi connectivity index (χ3v) is 5.04. The summed E-state index contributed by atoms with van der Waals surface area (Å²) < 4.78 is 1.87. The van der Waals surface area contributed by atoms with Crippen LogP contribution in [0, 0.1) is 6.92 Å². The van der Waals surface area contributed by atoms with Crippen molar-refractivity contribution in [3.05, 3.63) is 96.2 Å². The summed E-state index contributed by atoms with van der Waals surface area (Å²) in [6.07, 6.45) is 5.11. The number of carbonyl (C=O) groups is 1. The fraction of sp³-hybridized carbons (Fsp3) is 0.0870. The third kappa shape index (κ3) is 3.16. The number of nitrogens with zero attached hydrogens (tertiary/aromatic N) is 6. The highest BCUT2D eigenvalue weighted by molar-refractivity contribution is 6.07. The molecular formula is C23H18N6O. The summed E-state index contributed by atoms with van der Waals surface area (Å²) in [5, 5.41) is 8.13. The molecule has 0 fully saturated rings. The number of pyridine rings is 1. The first kappa shape index (κ1) is 17.9. The average molecular weight is 394 g/mol. The molecule has 0 saturated carbocycles. The van der Waals surface area contributed by atoms with E-state index in [1.54, 1.807) is 23.6 Å². The predicted molar refractivity (Wildman–Crippen MR) is 114 cm³/mol. The Labute approximate surface area is 172 Å². The number of hydrogen-bond acceptors (Lipinski definition) is 5. The summed E-state index contributed by atoms with van der Waals surface area (Å²) >= 11 is 0. The van der Waals surface area contributed by atoms with Gasteiger partial charge in [0, 0.05) is 23.6 Å². The Balaban J connectivity index is 1.60. The highest BCUT2D eigenvalue weighted by atomic mass is 16.2. The number of hydrogen-bond donors (Lipinski definition) is 0. The molecule has 3 aromatic heterocycles. The van der Waals surface area contributed by atoms with Crippen LogP contribution in [0.4, 0.5) is 5.69 Å². The van der Waals surface area contributed by atoms with E-state index in [0.717, 1.165) is 28.0 Å². The van der Waals surface area contributed by atoms with Gasteiger partial charge in [0.05, 0.1) is 23.3 Å². The molecule has 0 atom stereocenters. The number of amides is 1. The summed E-state index contributed by atoms with van der Waals surface area (Å²) in [6.45, 7) is 2.34. The second-order valence-electron chi connectivity index (χ2n) is 7.01. The molecule has 5 rings (SSSR count). The van der Waals surface area contributed by atoms with Gasteiger partial charge < -0.3 is 4.90 Å². The Morgan fingerprint density at radius 3 is 2.63 bits per heavy atom. The fourth-order valence-corrected chi connectivity index (χ4v) is 3.55. The van der Waals surface area contributed by atoms with Crippen molar-refractivity contribution < 1.29 is 4.79 Å². The van der Waals surface area contributed by atoms with Gasteiger partial charge in [-0.3, -0.25) is 14.2 Å². The van der Waals surface area contributed by atoms with E-state index in [1.165, 1.54) is 0 Å². The molecule has 0 radical (unpaired) electrons. The maximum absolute atomic E-state index is 13.6. The molecule has 0 aliphatic rings. The van der Waals surface area contributed by atoms with Crippen LogP contribution in [0.15, 0.2) is 79.4 Å². The lowest BCUT2D eigenvalue weighted by molar-refractivity contribution is 0.0985. The quantitative estimate of drug-likeness (QED) is 0.463. The van der Waals surface area contributed by atoms with Crippen molar-refractivity contribution in [1.82, 2.24) is 24.6 Å². The number of anilines is 1. The molecule has 7 heteroatoms. The Morgan fingerprint density at radius 2 is 1.83 bits per heavy atom. The molecule has 5 aromatic rings. The standard InChI is InChI=1S/C23H18N6O/c1-16-22-27-25-15-29(22)21-13-18(7-8-20(21)26-16)23(30)28(19-5-3-2-4-6-19)14-17-9-11-24-12-10-17/h2-13,15H,14H2,1H3. The van der Waals surface area contributed by atoms with Crippen molar-refractivity contribution in [3.8, 4) is 0 Å². The van der Waals surface area contributed by atoms with Gasteiger partial charge in [0.1, 0.15) is 6.33 Å². The van der Waals surface area contributed by atoms with Crippen molar-refractivity contribution in [3.63, 3.8) is 0 Å². The maximum Gasteiger partial charge on any atom is 0.258 e. The number of carbonyl (C=O) groups excluding carboxylic acids is 1. The summed E-state index contributed by atoms with van der Waals surface area (Å²) in [5.74, 6) is -0.0956. The van der Waals surface area contributed by atoms with Crippen molar-refractivity contribution in [1.29, 1.82) is 0 Å². The maximum atomic E-state index is 13.6. The van der Waals surface area contributed by atoms with Gasteiger partial charge in [0.15, 0.2) is 5.65 Å². The molecule has 0 unspecified atom stereocenters. The second kappa shape index (κ2) is 7.36. The van der Waals surface area contributed by atoms with Crippen LogP contribution in [0.25, 0.3) is 16.7 Å². The van der Waals surface area contributed by atoms with Crippen LogP contribution in [0.3, 0.4) is 0 Å². The normalized spacial score (nSPS) is 11.1. The summed E-state index contributed by atoms with van der Waals surface area (Å²) in [5.41, 5.74) is 5.46. The first-order valence-electron chi connectivity index (χ1n) is 9.56. The van der Waals surface area contributed by atoms with Gasteiger partial charge in [-0.25, -0.2) is 4.98 Å². The van der Waals surface area contributed by atoms with Crippen molar-refractivity contribution in [2.24, 2.45) is 0 Å². The molecule has 0 aliphatic heterocycles. The first-order valence-corrected chi connectivity index (χ1v) is 9.56. The van der Waals surface area contributed by atoms with E-state index in [9.17, 15) is 4.79 Å². The number of aryl methyl sites for hydroxylation is 1. The molecule has 0 spiro atoms. The Hall–Kier alpha value is -4.13. The van der Waals surface area contributed by atoms with Gasteiger partial charge in [-0.15, -0.1) is 10.2 Å². The van der Waals surface area contributed by atoms with Gasteiger partial charge in [0.2, 0.25) is 0 Å². The van der Waals surface area contributed by atoms with E-state index in [0.29, 0.717) is 17.8 Å². The van der Waals surface area contributed by atoms with Crippen LogP contribution in [-0.4, -0.2) is 30.5 Å². The molecule has 0 saturated heterocycles. The minimum Gasteiger partial charge on any atom is -0.304 e. The molecule has 7 nitrogen and oxygen atoms in total. The summed E-state index contributed by atoms with van der Waals surface area (Å²) in [6, 6.07) is 19.0. The molecule has 2 aromatic carbocycles. The topological polar surface area (TPSA) is 76.3 Å². The zero-order valence-electron chi connectivity index (χ0n) is 16.3. The predicted octanol–water partition coefficient (Wildman–Crippen LogP) is 3.83. The van der Waals surface area contributed by atoms with Crippen LogP contribution in [0.2, 0.25) is 0 Å². The van der Waals surface area contributed by atoms with Crippen molar-refractivity contribution in [2.75, 3.05) is 4.90 Å². The molecule has 146 valence electrons. The van der Waals surface area contributed by atoms with E-state index in [1.807, 2.05) is 72.0 Å². The van der Waals surface area contributed by atoms with Gasteiger partial charge >= 0.3 is 0 Å². The minimum absolute atomic E-state index is 0.0956. The number of fused-ring (bicyclic) bond motifs is 3. The Bertz CT molecular complexity index is 1350. The zero-order chi connectivity index (χ0) is 20.5. The van der Waals surface area contributed by atoms with Gasteiger partial charge in [-0.2, -0.15) is 0 Å². The van der Waals surface area contributed by atoms with Gasteiger partial charge in [-0.05, 0) is 55.0 Å². The first-order chi connectivity index (χ1) is 14.7. The largest absolute Gasteiger partial charge is 0.304 e. The van der Waals surface area contributed by atoms with E-state index in [4.69, 9.17) is 0 Å². The molecule has 0 N–H and O–H groups in total. The average Bonchev–Trinajstić information content (AvgIpc) is 3.29. The highest BCUT2D eigenvalue weighted by Gasteiger charge is 2.19. The minimum atomic E-state index is -0.0956. The molecule has 3 heterocycles. The van der Waals surface area contributed by atoms with Crippen LogP contribution < -0.4 is 4.90 Å². The van der Waals surface area contributed by atoms with E-state index in [-0.39, 0.29) is 5.91 Å². The van der Waals surface area contributed by atoms with Crippen LogP contribution >= 0.6 is 0 Å². The van der Waals surface area contributed by atoms with Crippen LogP contribution in [0.5, 0.6) is 0 Å². The highest BCUT2D eigenvalue weighted by Crippen LogP contribution is 2.23. The SMILES string of the molecule is Cc1nc2ccc(C(=O)N(Cc3ccncc3)c3ccccc3)cc2n2cnnc12. The lowest BCUT2D eigenvalue weighted by Crippen LogP contribution is -2.30. The second-order valence-corrected chi connectivity index (χ2v) is 7.01. The van der Waals surface area contributed by atoms with Crippen LogP contribution in [0.1, 0.15) is 21.6 Å². The van der Waals surface area contributed by atoms with Gasteiger partial charge in [0.25, 0.3) is 5.91 Å². The summed E-state index contributed by atoms with van der Waals surface area (Å²) in [7, 11) is 0. The van der Waals surface area contributed by atoms with Crippen LogP contribution in [-0.2, 0) is 6.54 Å². The molecule has 30 heavy (non-hydrogen) atoms. The Kier molecular flexibility index (Phi) is 4.40. The smallest absolute Gasteiger partial charge is 0.258 e. The third-order valence-electron chi connectivity index (χ3n) is 5.04. The summed E-state index contributed by atoms with van der Waals surface area (Å²) in [4.78, 5) is 24.0. The lowest BCUT2D eigenvalue weighted by atomic mass is 10.1. The van der Waals surface area contributed by atoms with Gasteiger partial charge in [-0.1, -0.05) is 18.2 Å². The monoisotopic (exact) mass is 394 g/mol. The number of para-hydroxylation sites is 1. The lowest BCUT2D eigenvalue weighted by Gasteiger charge is -2.23. The van der Waals surface area contributed by atoms with E-state index < -0.39 is 0 Å². The molecular weight excluding hydrogens is 376 g/mol. The van der Waals surface area contributed by atoms with E-state index in [2.05, 4.69) is 20.2 Å². The number of aromatic nitrogens is 5. The van der Waals surface area contributed by atoms with E-state index >= 15 is 0 Å². The zero-order valence-corrected chi connectivity index (χ0v) is 16.3. The van der Waals surface area contributed by atoms with Crippen molar-refractivity contribution in [2.45, 2.75) is 13.5 Å².